The minimum Gasteiger partial charge on any atom is -0.481 e. The Kier molecular flexibility index (Phi) is 3.66. The third-order valence-corrected chi connectivity index (χ3v) is 2.93. The zero-order valence-corrected chi connectivity index (χ0v) is 11.1. The summed E-state index contributed by atoms with van der Waals surface area (Å²) >= 11 is 3.38. The summed E-state index contributed by atoms with van der Waals surface area (Å²) in [6.07, 6.45) is 0.426. The normalized spacial score (nSPS) is 10.5. The topological polar surface area (TPSA) is 81.1 Å². The van der Waals surface area contributed by atoms with Gasteiger partial charge >= 0.3 is 5.97 Å². The molecule has 0 atom stereocenters. The highest BCUT2D eigenvalue weighted by Gasteiger charge is 2.08. The number of hydrogen-bond acceptors (Lipinski definition) is 3. The van der Waals surface area contributed by atoms with Crippen molar-refractivity contribution in [1.82, 2.24) is 9.78 Å². The van der Waals surface area contributed by atoms with Crippen molar-refractivity contribution in [3.05, 3.63) is 40.5 Å². The monoisotopic (exact) mass is 309 g/mol. The van der Waals surface area contributed by atoms with Gasteiger partial charge in [0.15, 0.2) is 0 Å². The number of nitrogens with zero attached hydrogens (tertiary/aromatic N) is 2. The number of nitrogens with two attached hydrogens (primary N) is 1. The van der Waals surface area contributed by atoms with E-state index in [-0.39, 0.29) is 6.42 Å². The molecule has 0 fully saturated rings. The average Bonchev–Trinajstić information content (AvgIpc) is 2.68. The lowest BCUT2D eigenvalue weighted by Gasteiger charge is -2.03. The van der Waals surface area contributed by atoms with Crippen LogP contribution in [0.25, 0.3) is 5.69 Å². The second-order valence-corrected chi connectivity index (χ2v) is 4.76. The van der Waals surface area contributed by atoms with E-state index < -0.39 is 5.97 Å². The minimum absolute atomic E-state index is 0.0505. The molecule has 1 aromatic heterocycles. The van der Waals surface area contributed by atoms with Gasteiger partial charge < -0.3 is 10.8 Å². The number of aryl methyl sites for hydroxylation is 1. The van der Waals surface area contributed by atoms with Gasteiger partial charge in [-0.05, 0) is 18.2 Å². The summed E-state index contributed by atoms with van der Waals surface area (Å²) in [7, 11) is 0. The van der Waals surface area contributed by atoms with E-state index in [1.54, 1.807) is 10.7 Å². The zero-order valence-electron chi connectivity index (χ0n) is 9.51. The van der Waals surface area contributed by atoms with E-state index >= 15 is 0 Å². The first-order chi connectivity index (χ1) is 8.56. The first-order valence-electron chi connectivity index (χ1n) is 5.38. The fraction of sp³-hybridized carbons (Fsp3) is 0.167. The van der Waals surface area contributed by atoms with Gasteiger partial charge in [-0.3, -0.25) is 4.79 Å². The number of aromatic nitrogens is 2. The first-order valence-corrected chi connectivity index (χ1v) is 6.18. The van der Waals surface area contributed by atoms with E-state index in [0.717, 1.165) is 10.2 Å². The number of carboxylic acid groups (broad SMARTS) is 1. The number of rotatable bonds is 4. The predicted octanol–water partition coefficient (Wildman–Crippen LogP) is 2.23. The predicted molar refractivity (Wildman–Crippen MR) is 71.6 cm³/mol. The van der Waals surface area contributed by atoms with Crippen molar-refractivity contribution in [2.75, 3.05) is 5.73 Å². The van der Waals surface area contributed by atoms with Gasteiger partial charge in [-0.15, -0.1) is 0 Å². The molecule has 6 heteroatoms. The van der Waals surface area contributed by atoms with Crippen LogP contribution in [0, 0.1) is 0 Å². The van der Waals surface area contributed by atoms with E-state index in [4.69, 9.17) is 10.8 Å². The van der Waals surface area contributed by atoms with E-state index in [2.05, 4.69) is 21.0 Å². The van der Waals surface area contributed by atoms with Gasteiger partial charge in [0, 0.05) is 17.0 Å². The molecule has 2 rings (SSSR count). The molecule has 0 aliphatic heterocycles. The number of nitrogen functional groups attached to an aromatic ring is 1. The fourth-order valence-electron chi connectivity index (χ4n) is 1.62. The summed E-state index contributed by atoms with van der Waals surface area (Å²) in [5, 5.41) is 12.9. The molecular formula is C12H12BrN3O2. The van der Waals surface area contributed by atoms with Crippen LogP contribution in [0.15, 0.2) is 34.8 Å². The highest BCUT2D eigenvalue weighted by Crippen LogP contribution is 2.19. The van der Waals surface area contributed by atoms with Crippen LogP contribution in [0.2, 0.25) is 0 Å². The Labute approximate surface area is 112 Å². The van der Waals surface area contributed by atoms with Gasteiger partial charge in [0.25, 0.3) is 0 Å². The van der Waals surface area contributed by atoms with Gasteiger partial charge in [-0.25, -0.2) is 4.68 Å². The molecule has 5 nitrogen and oxygen atoms in total. The third-order valence-electron chi connectivity index (χ3n) is 2.44. The Morgan fingerprint density at radius 3 is 2.89 bits per heavy atom. The van der Waals surface area contributed by atoms with Crippen molar-refractivity contribution in [3.8, 4) is 5.69 Å². The Morgan fingerprint density at radius 2 is 2.22 bits per heavy atom. The number of carbonyl (C=O) groups is 1. The molecule has 1 aromatic carbocycles. The standard InChI is InChI=1S/C12H12BrN3O2/c13-8-2-1-3-10(6-8)16-11(14)7-9(15-16)4-5-12(17)18/h1-3,6-7H,4-5,14H2,(H,17,18). The maximum absolute atomic E-state index is 10.5. The van der Waals surface area contributed by atoms with Gasteiger partial charge in [-0.2, -0.15) is 5.10 Å². The van der Waals surface area contributed by atoms with E-state index in [0.29, 0.717) is 17.9 Å². The molecule has 1 heterocycles. The molecular weight excluding hydrogens is 298 g/mol. The van der Waals surface area contributed by atoms with Crippen molar-refractivity contribution in [2.24, 2.45) is 0 Å². The molecule has 0 unspecified atom stereocenters. The number of hydrogen-bond donors (Lipinski definition) is 2. The summed E-state index contributed by atoms with van der Waals surface area (Å²) in [4.78, 5) is 10.5. The smallest absolute Gasteiger partial charge is 0.303 e. The fourth-order valence-corrected chi connectivity index (χ4v) is 2.01. The quantitative estimate of drug-likeness (QED) is 0.907. The lowest BCUT2D eigenvalue weighted by Crippen LogP contribution is -2.02. The SMILES string of the molecule is Nc1cc(CCC(=O)O)nn1-c1cccc(Br)c1. The van der Waals surface area contributed by atoms with E-state index in [1.165, 1.54) is 0 Å². The maximum Gasteiger partial charge on any atom is 0.303 e. The molecule has 18 heavy (non-hydrogen) atoms. The Hall–Kier alpha value is -1.82. The van der Waals surface area contributed by atoms with Gasteiger partial charge in [0.1, 0.15) is 5.82 Å². The molecule has 0 bridgehead atoms. The van der Waals surface area contributed by atoms with Crippen LogP contribution < -0.4 is 5.73 Å². The van der Waals surface area contributed by atoms with Crippen LogP contribution in [0.5, 0.6) is 0 Å². The molecule has 2 aromatic rings. The van der Waals surface area contributed by atoms with Crippen LogP contribution in [-0.2, 0) is 11.2 Å². The Bertz CT molecular complexity index is 580. The molecule has 0 amide bonds. The van der Waals surface area contributed by atoms with Crippen molar-refractivity contribution in [1.29, 1.82) is 0 Å². The summed E-state index contributed by atoms with van der Waals surface area (Å²) in [6.45, 7) is 0. The molecule has 0 aliphatic rings. The van der Waals surface area contributed by atoms with Crippen LogP contribution in [0.3, 0.4) is 0 Å². The van der Waals surface area contributed by atoms with Crippen molar-refractivity contribution in [2.45, 2.75) is 12.8 Å². The molecule has 0 aliphatic carbocycles. The van der Waals surface area contributed by atoms with Crippen LogP contribution in [-0.4, -0.2) is 20.9 Å². The molecule has 0 saturated heterocycles. The second kappa shape index (κ2) is 5.22. The highest BCUT2D eigenvalue weighted by atomic mass is 79.9. The summed E-state index contributed by atoms with van der Waals surface area (Å²) in [5.41, 5.74) is 7.38. The molecule has 0 spiro atoms. The minimum atomic E-state index is -0.842. The van der Waals surface area contributed by atoms with Crippen molar-refractivity contribution >= 4 is 27.7 Å². The number of aliphatic carboxylic acids is 1. The summed E-state index contributed by atoms with van der Waals surface area (Å²) in [6, 6.07) is 9.27. The Morgan fingerprint density at radius 1 is 1.44 bits per heavy atom. The zero-order chi connectivity index (χ0) is 13.1. The van der Waals surface area contributed by atoms with Gasteiger partial charge in [0.05, 0.1) is 17.8 Å². The molecule has 94 valence electrons. The lowest BCUT2D eigenvalue weighted by molar-refractivity contribution is -0.136. The number of benzene rings is 1. The first kappa shape index (κ1) is 12.6. The third kappa shape index (κ3) is 2.89. The van der Waals surface area contributed by atoms with Crippen molar-refractivity contribution < 1.29 is 9.90 Å². The average molecular weight is 310 g/mol. The molecule has 0 radical (unpaired) electrons. The van der Waals surface area contributed by atoms with E-state index in [9.17, 15) is 4.79 Å². The van der Waals surface area contributed by atoms with E-state index in [1.807, 2.05) is 24.3 Å². The van der Waals surface area contributed by atoms with Crippen molar-refractivity contribution in [3.63, 3.8) is 0 Å². The summed E-state index contributed by atoms with van der Waals surface area (Å²) in [5.74, 6) is -0.348. The van der Waals surface area contributed by atoms with Gasteiger partial charge in [-0.1, -0.05) is 22.0 Å². The molecule has 0 saturated carbocycles. The second-order valence-electron chi connectivity index (χ2n) is 3.85. The number of carboxylic acids is 1. The lowest BCUT2D eigenvalue weighted by atomic mass is 10.2. The Balaban J connectivity index is 2.26. The van der Waals surface area contributed by atoms with Crippen LogP contribution in [0.1, 0.15) is 12.1 Å². The van der Waals surface area contributed by atoms with Gasteiger partial charge in [0.2, 0.25) is 0 Å². The van der Waals surface area contributed by atoms with Crippen LogP contribution >= 0.6 is 15.9 Å². The number of anilines is 1. The highest BCUT2D eigenvalue weighted by molar-refractivity contribution is 9.10. The largest absolute Gasteiger partial charge is 0.481 e. The van der Waals surface area contributed by atoms with Crippen LogP contribution in [0.4, 0.5) is 5.82 Å². The number of halogens is 1. The maximum atomic E-state index is 10.5. The molecule has 3 N–H and O–H groups in total. The summed E-state index contributed by atoms with van der Waals surface area (Å²) < 4.78 is 2.53.